The van der Waals surface area contributed by atoms with E-state index in [1.165, 1.54) is 17.7 Å². The maximum absolute atomic E-state index is 13.6. The monoisotopic (exact) mass is 542 g/mol. The SMILES string of the molecule is CC1(S(=O)(=O)c2cccc(C(F)(F)F)c2)CCOC(c2cc(S(C)(=O)=O)nn2Cc2ccccc2)C1. The highest BCUT2D eigenvalue weighted by Gasteiger charge is 2.46. The number of rotatable bonds is 6. The highest BCUT2D eigenvalue weighted by Crippen LogP contribution is 2.43. The van der Waals surface area contributed by atoms with Gasteiger partial charge in [-0.15, -0.1) is 0 Å². The van der Waals surface area contributed by atoms with Gasteiger partial charge in [0.1, 0.15) is 6.10 Å². The van der Waals surface area contributed by atoms with E-state index in [2.05, 4.69) is 5.10 Å². The van der Waals surface area contributed by atoms with Crippen molar-refractivity contribution in [3.8, 4) is 0 Å². The van der Waals surface area contributed by atoms with E-state index in [0.717, 1.165) is 30.0 Å². The first-order valence-electron chi connectivity index (χ1n) is 11.1. The summed E-state index contributed by atoms with van der Waals surface area (Å²) in [6, 6.07) is 14.2. The number of halogens is 3. The Balaban J connectivity index is 1.72. The van der Waals surface area contributed by atoms with Crippen LogP contribution in [0.15, 0.2) is 70.6 Å². The molecule has 1 aliphatic rings. The van der Waals surface area contributed by atoms with E-state index < -0.39 is 47.2 Å². The summed E-state index contributed by atoms with van der Waals surface area (Å²) in [7, 11) is -7.87. The summed E-state index contributed by atoms with van der Waals surface area (Å²) in [5.41, 5.74) is 0.177. The first kappa shape index (κ1) is 26.4. The largest absolute Gasteiger partial charge is 0.416 e. The topological polar surface area (TPSA) is 95.3 Å². The predicted octanol–water partition coefficient (Wildman–Crippen LogP) is 4.44. The Kier molecular flexibility index (Phi) is 6.82. The second-order valence-corrected chi connectivity index (χ2v) is 13.5. The smallest absolute Gasteiger partial charge is 0.372 e. The maximum atomic E-state index is 13.6. The van der Waals surface area contributed by atoms with Gasteiger partial charge in [0.25, 0.3) is 0 Å². The fourth-order valence-corrected chi connectivity index (χ4v) is 6.67. The lowest BCUT2D eigenvalue weighted by Gasteiger charge is -2.37. The summed E-state index contributed by atoms with van der Waals surface area (Å²) in [5.74, 6) is 0. The van der Waals surface area contributed by atoms with Gasteiger partial charge >= 0.3 is 6.18 Å². The van der Waals surface area contributed by atoms with E-state index in [0.29, 0.717) is 11.8 Å². The molecular weight excluding hydrogens is 517 g/mol. The van der Waals surface area contributed by atoms with Crippen molar-refractivity contribution in [1.82, 2.24) is 9.78 Å². The van der Waals surface area contributed by atoms with Gasteiger partial charge in [0.15, 0.2) is 24.7 Å². The Labute approximate surface area is 207 Å². The Morgan fingerprint density at radius 2 is 1.75 bits per heavy atom. The molecule has 7 nitrogen and oxygen atoms in total. The van der Waals surface area contributed by atoms with Gasteiger partial charge in [-0.25, -0.2) is 16.8 Å². The van der Waals surface area contributed by atoms with Crippen LogP contribution < -0.4 is 0 Å². The lowest BCUT2D eigenvalue weighted by molar-refractivity contribution is -0.137. The minimum absolute atomic E-state index is 0.0179. The molecule has 2 heterocycles. The molecule has 36 heavy (non-hydrogen) atoms. The van der Waals surface area contributed by atoms with Gasteiger partial charge in [0.05, 0.1) is 27.4 Å². The second kappa shape index (κ2) is 9.31. The van der Waals surface area contributed by atoms with Crippen LogP contribution in [-0.4, -0.2) is 44.2 Å². The van der Waals surface area contributed by atoms with Crippen molar-refractivity contribution in [3.63, 3.8) is 0 Å². The van der Waals surface area contributed by atoms with Gasteiger partial charge in [-0.2, -0.15) is 18.3 Å². The third-order valence-electron chi connectivity index (χ3n) is 6.36. The zero-order valence-corrected chi connectivity index (χ0v) is 21.2. The molecule has 1 saturated heterocycles. The van der Waals surface area contributed by atoms with Crippen LogP contribution in [0.4, 0.5) is 13.2 Å². The van der Waals surface area contributed by atoms with Crippen molar-refractivity contribution in [1.29, 1.82) is 0 Å². The summed E-state index contributed by atoms with van der Waals surface area (Å²) in [6.45, 7) is 1.72. The lowest BCUT2D eigenvalue weighted by Crippen LogP contribution is -2.42. The normalized spacial score (nSPS) is 21.4. The molecule has 1 aliphatic heterocycles. The average Bonchev–Trinajstić information content (AvgIpc) is 3.24. The van der Waals surface area contributed by atoms with Crippen LogP contribution in [0.2, 0.25) is 0 Å². The minimum Gasteiger partial charge on any atom is -0.372 e. The Morgan fingerprint density at radius 3 is 2.39 bits per heavy atom. The molecule has 0 saturated carbocycles. The van der Waals surface area contributed by atoms with E-state index in [1.807, 2.05) is 30.3 Å². The third kappa shape index (κ3) is 5.21. The van der Waals surface area contributed by atoms with Crippen LogP contribution in [-0.2, 0) is 37.1 Å². The molecule has 0 radical (unpaired) electrons. The minimum atomic E-state index is -4.68. The fourth-order valence-electron chi connectivity index (χ4n) is 4.26. The summed E-state index contributed by atoms with van der Waals surface area (Å²) in [5, 5.41) is 4.06. The number of ether oxygens (including phenoxy) is 1. The van der Waals surface area contributed by atoms with Crippen LogP contribution >= 0.6 is 0 Å². The summed E-state index contributed by atoms with van der Waals surface area (Å²) < 4.78 is 97.1. The van der Waals surface area contributed by atoms with Gasteiger partial charge < -0.3 is 4.74 Å². The second-order valence-electron chi connectivity index (χ2n) is 9.12. The molecule has 4 rings (SSSR count). The molecule has 194 valence electrons. The first-order chi connectivity index (χ1) is 16.7. The molecule has 1 fully saturated rings. The van der Waals surface area contributed by atoms with Crippen molar-refractivity contribution < 1.29 is 34.7 Å². The zero-order valence-electron chi connectivity index (χ0n) is 19.6. The highest BCUT2D eigenvalue weighted by atomic mass is 32.2. The van der Waals surface area contributed by atoms with Crippen LogP contribution in [0.1, 0.15) is 42.7 Å². The first-order valence-corrected chi connectivity index (χ1v) is 14.4. The molecule has 2 unspecified atom stereocenters. The Morgan fingerprint density at radius 1 is 1.06 bits per heavy atom. The van der Waals surface area contributed by atoms with E-state index in [1.54, 1.807) is 0 Å². The molecule has 2 atom stereocenters. The molecule has 3 aromatic rings. The molecule has 0 N–H and O–H groups in total. The van der Waals surface area contributed by atoms with Crippen molar-refractivity contribution in [2.75, 3.05) is 12.9 Å². The third-order valence-corrected chi connectivity index (χ3v) is 9.86. The van der Waals surface area contributed by atoms with Gasteiger partial charge in [-0.3, -0.25) is 4.68 Å². The number of aromatic nitrogens is 2. The van der Waals surface area contributed by atoms with E-state index in [4.69, 9.17) is 4.74 Å². The van der Waals surface area contributed by atoms with Gasteiger partial charge in [-0.05, 0) is 43.5 Å². The van der Waals surface area contributed by atoms with Gasteiger partial charge in [0, 0.05) is 18.9 Å². The van der Waals surface area contributed by atoms with Crippen LogP contribution in [0.5, 0.6) is 0 Å². The van der Waals surface area contributed by atoms with Crippen molar-refractivity contribution in [2.45, 2.75) is 53.3 Å². The standard InChI is InChI=1S/C24H25F3N2O5S2/c1-23(36(32,33)19-10-6-9-18(13-19)24(25,26)27)11-12-34-21(15-23)20-14-22(35(2,30)31)28-29(20)16-17-7-4-3-5-8-17/h3-10,13-14,21H,11-12,15-16H2,1-2H3. The summed E-state index contributed by atoms with van der Waals surface area (Å²) in [6.07, 6.45) is -4.52. The quantitative estimate of drug-likeness (QED) is 0.457. The van der Waals surface area contributed by atoms with Crippen molar-refractivity contribution in [3.05, 3.63) is 77.5 Å². The molecule has 0 amide bonds. The van der Waals surface area contributed by atoms with Crippen LogP contribution in [0.3, 0.4) is 0 Å². The summed E-state index contributed by atoms with van der Waals surface area (Å²) >= 11 is 0. The molecule has 0 bridgehead atoms. The van der Waals surface area contributed by atoms with Crippen LogP contribution in [0, 0.1) is 0 Å². The number of sulfone groups is 2. The molecular formula is C24H25F3N2O5S2. The van der Waals surface area contributed by atoms with Crippen LogP contribution in [0.25, 0.3) is 0 Å². The fraction of sp³-hybridized carbons (Fsp3) is 0.375. The zero-order chi connectivity index (χ0) is 26.4. The number of nitrogens with zero attached hydrogens (tertiary/aromatic N) is 2. The molecule has 0 spiro atoms. The maximum Gasteiger partial charge on any atom is 0.416 e. The number of hydrogen-bond donors (Lipinski definition) is 0. The average molecular weight is 543 g/mol. The molecule has 1 aromatic heterocycles. The summed E-state index contributed by atoms with van der Waals surface area (Å²) in [4.78, 5) is -0.421. The molecule has 2 aromatic carbocycles. The highest BCUT2D eigenvalue weighted by molar-refractivity contribution is 7.92. The van der Waals surface area contributed by atoms with E-state index in [9.17, 15) is 30.0 Å². The van der Waals surface area contributed by atoms with Gasteiger partial charge in [-0.1, -0.05) is 36.4 Å². The predicted molar refractivity (Wildman–Crippen MR) is 126 cm³/mol. The Bertz CT molecular complexity index is 1470. The number of hydrogen-bond acceptors (Lipinski definition) is 6. The molecule has 12 heteroatoms. The van der Waals surface area contributed by atoms with Crippen molar-refractivity contribution >= 4 is 19.7 Å². The van der Waals surface area contributed by atoms with E-state index >= 15 is 0 Å². The van der Waals surface area contributed by atoms with Gasteiger partial charge in [0.2, 0.25) is 0 Å². The van der Waals surface area contributed by atoms with E-state index in [-0.39, 0.29) is 31.0 Å². The molecule has 0 aliphatic carbocycles. The Hall–Kier alpha value is -2.70. The number of alkyl halides is 3. The lowest BCUT2D eigenvalue weighted by atomic mass is 9.94. The van der Waals surface area contributed by atoms with Crippen molar-refractivity contribution in [2.24, 2.45) is 0 Å². The number of benzene rings is 2.